The van der Waals surface area contributed by atoms with Crippen molar-refractivity contribution in [1.29, 1.82) is 0 Å². The molecule has 2 aromatic rings. The average molecular weight is 343 g/mol. The van der Waals surface area contributed by atoms with E-state index in [9.17, 15) is 9.59 Å². The van der Waals surface area contributed by atoms with E-state index < -0.39 is 11.9 Å². The lowest BCUT2D eigenvalue weighted by Crippen LogP contribution is -2.13. The van der Waals surface area contributed by atoms with E-state index in [1.54, 1.807) is 18.2 Å². The molecule has 0 N–H and O–H groups in total. The van der Waals surface area contributed by atoms with E-state index in [2.05, 4.69) is 4.74 Å². The molecule has 122 valence electrons. The molecule has 0 bridgehead atoms. The van der Waals surface area contributed by atoms with Gasteiger partial charge >= 0.3 is 5.97 Å². The number of hydrogen-bond donors (Lipinski definition) is 0. The first-order valence-electron chi connectivity index (χ1n) is 7.43. The molecule has 1 unspecified atom stereocenters. The molecule has 4 nitrogen and oxygen atoms in total. The zero-order valence-corrected chi connectivity index (χ0v) is 13.7. The van der Waals surface area contributed by atoms with Gasteiger partial charge in [0.15, 0.2) is 5.78 Å². The minimum atomic E-state index is -0.570. The van der Waals surface area contributed by atoms with Crippen molar-refractivity contribution < 1.29 is 19.1 Å². The van der Waals surface area contributed by atoms with Gasteiger partial charge in [-0.2, -0.15) is 0 Å². The van der Waals surface area contributed by atoms with E-state index in [0.29, 0.717) is 28.5 Å². The number of carbonyl (C=O) groups excluding carboxylic acids is 2. The smallest absolute Gasteiger partial charge is 0.330 e. The van der Waals surface area contributed by atoms with Gasteiger partial charge in [-0.05, 0) is 42.3 Å². The number of ketones is 1. The Kier molecular flexibility index (Phi) is 4.67. The van der Waals surface area contributed by atoms with Gasteiger partial charge in [-0.15, -0.1) is 0 Å². The molecule has 1 heterocycles. The topological polar surface area (TPSA) is 52.6 Å². The van der Waals surface area contributed by atoms with Crippen LogP contribution in [0.4, 0.5) is 0 Å². The fourth-order valence-electron chi connectivity index (χ4n) is 2.69. The van der Waals surface area contributed by atoms with Crippen molar-refractivity contribution in [2.75, 3.05) is 7.11 Å². The summed E-state index contributed by atoms with van der Waals surface area (Å²) in [5.74, 6) is 0.0508. The molecular weight excluding hydrogens is 328 g/mol. The molecule has 0 fully saturated rings. The zero-order valence-electron chi connectivity index (χ0n) is 13.0. The highest BCUT2D eigenvalue weighted by Crippen LogP contribution is 2.40. The number of hydrogen-bond acceptors (Lipinski definition) is 4. The van der Waals surface area contributed by atoms with Crippen molar-refractivity contribution in [3.05, 3.63) is 70.8 Å². The van der Waals surface area contributed by atoms with Gasteiger partial charge in [-0.1, -0.05) is 29.8 Å². The number of rotatable bonds is 3. The summed E-state index contributed by atoms with van der Waals surface area (Å²) < 4.78 is 10.5. The summed E-state index contributed by atoms with van der Waals surface area (Å²) in [7, 11) is 1.27. The maximum absolute atomic E-state index is 12.7. The third kappa shape index (κ3) is 3.34. The van der Waals surface area contributed by atoms with Gasteiger partial charge in [0, 0.05) is 16.7 Å². The third-order valence-electron chi connectivity index (χ3n) is 3.89. The van der Waals surface area contributed by atoms with Crippen molar-refractivity contribution in [3.63, 3.8) is 0 Å². The number of allylic oxidation sites excluding steroid dienone is 1. The van der Waals surface area contributed by atoms with E-state index in [1.807, 2.05) is 24.3 Å². The molecule has 0 saturated carbocycles. The normalized spacial score (nSPS) is 15.8. The summed E-state index contributed by atoms with van der Waals surface area (Å²) >= 11 is 6.10. The number of ether oxygens (including phenoxy) is 2. The zero-order chi connectivity index (χ0) is 17.1. The Hall–Kier alpha value is -2.59. The van der Waals surface area contributed by atoms with E-state index in [4.69, 9.17) is 16.3 Å². The van der Waals surface area contributed by atoms with E-state index in [1.165, 1.54) is 13.2 Å². The Morgan fingerprint density at radius 2 is 1.96 bits per heavy atom. The van der Waals surface area contributed by atoms with E-state index in [0.717, 1.165) is 11.6 Å². The number of fused-ring (bicyclic) bond motifs is 2. The largest absolute Gasteiger partial charge is 0.466 e. The van der Waals surface area contributed by atoms with Crippen LogP contribution in [0.3, 0.4) is 0 Å². The van der Waals surface area contributed by atoms with E-state index >= 15 is 0 Å². The fourth-order valence-corrected chi connectivity index (χ4v) is 2.87. The van der Waals surface area contributed by atoms with Crippen LogP contribution in [-0.2, 0) is 20.7 Å². The van der Waals surface area contributed by atoms with Crippen LogP contribution in [0.2, 0.25) is 5.02 Å². The minimum absolute atomic E-state index is 0.204. The average Bonchev–Trinajstić information content (AvgIpc) is 2.75. The maximum atomic E-state index is 12.7. The van der Waals surface area contributed by atoms with Crippen molar-refractivity contribution in [2.24, 2.45) is 0 Å². The summed E-state index contributed by atoms with van der Waals surface area (Å²) in [6.07, 6.45) is 2.84. The number of para-hydroxylation sites is 1. The Morgan fingerprint density at radius 3 is 2.75 bits per heavy atom. The van der Waals surface area contributed by atoms with Crippen LogP contribution in [-0.4, -0.2) is 18.9 Å². The molecule has 0 saturated heterocycles. The number of methoxy groups -OCH3 is 1. The van der Waals surface area contributed by atoms with Crippen LogP contribution >= 0.6 is 11.6 Å². The third-order valence-corrected chi connectivity index (χ3v) is 4.13. The summed E-state index contributed by atoms with van der Waals surface area (Å²) in [5, 5.41) is 0.526. The van der Waals surface area contributed by atoms with Crippen LogP contribution in [0.15, 0.2) is 54.6 Å². The number of esters is 1. The lowest BCUT2D eigenvalue weighted by molar-refractivity contribution is -0.135. The summed E-state index contributed by atoms with van der Waals surface area (Å²) in [4.78, 5) is 23.9. The van der Waals surface area contributed by atoms with Crippen LogP contribution < -0.4 is 4.74 Å². The molecule has 24 heavy (non-hydrogen) atoms. The molecule has 0 radical (unpaired) electrons. The minimum Gasteiger partial charge on any atom is -0.466 e. The Bertz CT molecular complexity index is 826. The van der Waals surface area contributed by atoms with Gasteiger partial charge in [-0.25, -0.2) is 4.79 Å². The van der Waals surface area contributed by atoms with Gasteiger partial charge in [-0.3, -0.25) is 4.79 Å². The molecule has 1 atom stereocenters. The second-order valence-electron chi connectivity index (χ2n) is 5.41. The number of carbonyl (C=O) groups is 2. The second-order valence-corrected chi connectivity index (χ2v) is 5.84. The van der Waals surface area contributed by atoms with Gasteiger partial charge in [0.25, 0.3) is 0 Å². The molecule has 1 aliphatic rings. The van der Waals surface area contributed by atoms with Crippen molar-refractivity contribution in [1.82, 2.24) is 0 Å². The maximum Gasteiger partial charge on any atom is 0.330 e. The summed E-state index contributed by atoms with van der Waals surface area (Å²) in [5.41, 5.74) is 1.63. The molecule has 0 aromatic heterocycles. The van der Waals surface area contributed by atoms with Crippen LogP contribution in [0.5, 0.6) is 11.5 Å². The lowest BCUT2D eigenvalue weighted by Gasteiger charge is -2.14. The SMILES string of the molecule is COC(=O)/C=C/C(=O)C1Cc2ccccc2Oc2ccc(Cl)cc21. The van der Waals surface area contributed by atoms with Crippen LogP contribution in [0.1, 0.15) is 17.0 Å². The predicted molar refractivity (Wildman–Crippen MR) is 90.6 cm³/mol. The van der Waals surface area contributed by atoms with Crippen molar-refractivity contribution in [3.8, 4) is 11.5 Å². The summed E-state index contributed by atoms with van der Waals surface area (Å²) in [6.45, 7) is 0. The molecule has 3 rings (SSSR count). The van der Waals surface area contributed by atoms with E-state index in [-0.39, 0.29) is 5.78 Å². The molecular formula is C19H15ClO4. The first-order chi connectivity index (χ1) is 11.6. The monoisotopic (exact) mass is 342 g/mol. The predicted octanol–water partition coefficient (Wildman–Crippen LogP) is 4.07. The first-order valence-corrected chi connectivity index (χ1v) is 7.81. The van der Waals surface area contributed by atoms with Crippen LogP contribution in [0, 0.1) is 0 Å². The number of halogens is 1. The molecule has 1 aliphatic heterocycles. The Balaban J connectivity index is 2.04. The highest BCUT2D eigenvalue weighted by Gasteiger charge is 2.28. The van der Waals surface area contributed by atoms with Crippen LogP contribution in [0.25, 0.3) is 0 Å². The molecule has 0 aliphatic carbocycles. The molecule has 2 aromatic carbocycles. The summed E-state index contributed by atoms with van der Waals surface area (Å²) in [6, 6.07) is 12.8. The molecule has 0 spiro atoms. The van der Waals surface area contributed by atoms with Crippen molar-refractivity contribution >= 4 is 23.4 Å². The lowest BCUT2D eigenvalue weighted by atomic mass is 9.88. The first kappa shape index (κ1) is 16.3. The molecule has 0 amide bonds. The van der Waals surface area contributed by atoms with Gasteiger partial charge in [0.1, 0.15) is 11.5 Å². The van der Waals surface area contributed by atoms with Gasteiger partial charge < -0.3 is 9.47 Å². The molecule has 5 heteroatoms. The quantitative estimate of drug-likeness (QED) is 0.623. The standard InChI is InChI=1S/C19H15ClO4/c1-23-19(22)9-7-16(21)14-10-12-4-2-3-5-17(12)24-18-8-6-13(20)11-15(14)18/h2-9,11,14H,10H2,1H3/b9-7+. The fraction of sp³-hybridized carbons (Fsp3) is 0.158. The second kappa shape index (κ2) is 6.89. The van der Waals surface area contributed by atoms with Gasteiger partial charge in [0.2, 0.25) is 0 Å². The Labute approximate surface area is 144 Å². The highest BCUT2D eigenvalue weighted by molar-refractivity contribution is 6.30. The highest BCUT2D eigenvalue weighted by atomic mass is 35.5. The van der Waals surface area contributed by atoms with Gasteiger partial charge in [0.05, 0.1) is 13.0 Å². The van der Waals surface area contributed by atoms with Crippen molar-refractivity contribution in [2.45, 2.75) is 12.3 Å². The number of benzene rings is 2. The Morgan fingerprint density at radius 1 is 1.17 bits per heavy atom.